The van der Waals surface area contributed by atoms with Crippen LogP contribution in [0.2, 0.25) is 0 Å². The molecule has 2 fully saturated rings. The molecule has 3 heterocycles. The van der Waals surface area contributed by atoms with Crippen molar-refractivity contribution in [3.8, 4) is 0 Å². The number of nitrogens with one attached hydrogen (secondary N) is 2. The molecule has 144 valence electrons. The summed E-state index contributed by atoms with van der Waals surface area (Å²) in [6, 6.07) is 4.31. The van der Waals surface area contributed by atoms with Crippen LogP contribution in [0.5, 0.6) is 0 Å². The molecule has 2 saturated heterocycles. The molecule has 1 aromatic rings. The van der Waals surface area contributed by atoms with E-state index in [1.165, 1.54) is 0 Å². The van der Waals surface area contributed by atoms with Gasteiger partial charge in [-0.1, -0.05) is 6.07 Å². The first-order valence-electron chi connectivity index (χ1n) is 8.88. The van der Waals surface area contributed by atoms with E-state index in [4.69, 9.17) is 0 Å². The summed E-state index contributed by atoms with van der Waals surface area (Å²) in [7, 11) is 0. The van der Waals surface area contributed by atoms with Gasteiger partial charge >= 0.3 is 0 Å². The zero-order valence-electron chi connectivity index (χ0n) is 14.7. The number of imide groups is 2. The maximum absolute atomic E-state index is 13.1. The van der Waals surface area contributed by atoms with E-state index >= 15 is 0 Å². The number of hydrogen-bond donors (Lipinski definition) is 2. The summed E-state index contributed by atoms with van der Waals surface area (Å²) in [5, 5.41) is 5.53. The number of carbonyl (C=O) groups excluding carboxylic acids is 4. The van der Waals surface area contributed by atoms with E-state index in [0.717, 1.165) is 43.2 Å². The first-order valence-corrected chi connectivity index (χ1v) is 8.88. The molecule has 4 rings (SSSR count). The molecule has 1 unspecified atom stereocenters. The first kappa shape index (κ1) is 19.3. The zero-order chi connectivity index (χ0) is 18.3. The fourth-order valence-corrected chi connectivity index (χ4v) is 3.85. The third kappa shape index (κ3) is 3.30. The maximum atomic E-state index is 13.1. The highest BCUT2D eigenvalue weighted by atomic mass is 35.5. The van der Waals surface area contributed by atoms with Crippen molar-refractivity contribution in [1.29, 1.82) is 0 Å². The van der Waals surface area contributed by atoms with Crippen molar-refractivity contribution in [2.45, 2.75) is 25.3 Å². The van der Waals surface area contributed by atoms with Gasteiger partial charge in [-0.2, -0.15) is 0 Å². The lowest BCUT2D eigenvalue weighted by Crippen LogP contribution is -2.54. The Morgan fingerprint density at radius 3 is 2.59 bits per heavy atom. The Labute approximate surface area is 162 Å². The molecule has 3 aliphatic rings. The molecule has 0 aliphatic carbocycles. The fraction of sp³-hybridized carbons (Fsp3) is 0.444. The topological polar surface area (TPSA) is 98.8 Å². The Bertz CT molecular complexity index is 805. The number of hydrogen-bond acceptors (Lipinski definition) is 6. The molecule has 0 bridgehead atoms. The van der Waals surface area contributed by atoms with Gasteiger partial charge in [0.15, 0.2) is 0 Å². The minimum atomic E-state index is -0.932. The minimum absolute atomic E-state index is 0. The first-order chi connectivity index (χ1) is 12.6. The van der Waals surface area contributed by atoms with Crippen LogP contribution in [0, 0.1) is 0 Å². The average molecular weight is 393 g/mol. The molecule has 0 radical (unpaired) electrons. The maximum Gasteiger partial charge on any atom is 0.264 e. The number of nitrogens with zero attached hydrogens (tertiary/aromatic N) is 2. The summed E-state index contributed by atoms with van der Waals surface area (Å²) in [6.07, 6.45) is 1.23. The quantitative estimate of drug-likeness (QED) is 0.703. The van der Waals surface area contributed by atoms with Crippen molar-refractivity contribution in [3.05, 3.63) is 29.3 Å². The third-order valence-electron chi connectivity index (χ3n) is 5.13. The SMILES string of the molecule is Cl.O=C1CCC(N2C(=O)c3cccc(N4CCCNCC4)c3C2=O)C(=O)N1. The second-order valence-corrected chi connectivity index (χ2v) is 6.74. The molecule has 0 aromatic heterocycles. The number of fused-ring (bicyclic) bond motifs is 1. The van der Waals surface area contributed by atoms with Gasteiger partial charge in [-0.25, -0.2) is 0 Å². The summed E-state index contributed by atoms with van der Waals surface area (Å²) in [5.41, 5.74) is 1.43. The molecule has 4 amide bonds. The van der Waals surface area contributed by atoms with E-state index in [1.807, 2.05) is 6.07 Å². The van der Waals surface area contributed by atoms with Crippen molar-refractivity contribution >= 4 is 41.7 Å². The molecule has 0 spiro atoms. The van der Waals surface area contributed by atoms with Gasteiger partial charge in [0.1, 0.15) is 6.04 Å². The van der Waals surface area contributed by atoms with Crippen LogP contribution in [-0.2, 0) is 9.59 Å². The van der Waals surface area contributed by atoms with E-state index in [9.17, 15) is 19.2 Å². The molecule has 9 heteroatoms. The number of carbonyl (C=O) groups is 4. The highest BCUT2D eigenvalue weighted by molar-refractivity contribution is 6.25. The number of amides is 4. The molecule has 3 aliphatic heterocycles. The summed E-state index contributed by atoms with van der Waals surface area (Å²) >= 11 is 0. The predicted molar refractivity (Wildman–Crippen MR) is 100 cm³/mol. The van der Waals surface area contributed by atoms with E-state index in [1.54, 1.807) is 12.1 Å². The number of anilines is 1. The van der Waals surface area contributed by atoms with Gasteiger partial charge in [-0.15, -0.1) is 12.4 Å². The summed E-state index contributed by atoms with van der Waals surface area (Å²) in [6.45, 7) is 3.27. The van der Waals surface area contributed by atoms with Crippen molar-refractivity contribution in [2.24, 2.45) is 0 Å². The van der Waals surface area contributed by atoms with E-state index in [2.05, 4.69) is 15.5 Å². The molecule has 1 aromatic carbocycles. The third-order valence-corrected chi connectivity index (χ3v) is 5.13. The van der Waals surface area contributed by atoms with Crippen LogP contribution >= 0.6 is 12.4 Å². The second-order valence-electron chi connectivity index (χ2n) is 6.74. The van der Waals surface area contributed by atoms with Gasteiger partial charge in [0.25, 0.3) is 11.8 Å². The standard InChI is InChI=1S/C18H20N4O4.ClH/c23-14-6-5-13(16(24)20-14)22-17(25)11-3-1-4-12(15(11)18(22)26)21-9-2-7-19-8-10-21;/h1,3-4,13,19H,2,5-10H2,(H,20,23,24);1H. The lowest BCUT2D eigenvalue weighted by atomic mass is 10.0. The average Bonchev–Trinajstić information content (AvgIpc) is 2.82. The van der Waals surface area contributed by atoms with Crippen LogP contribution in [0.25, 0.3) is 0 Å². The monoisotopic (exact) mass is 392 g/mol. The predicted octanol–water partition coefficient (Wildman–Crippen LogP) is 0.309. The molecular weight excluding hydrogens is 372 g/mol. The molecule has 0 saturated carbocycles. The molecule has 8 nitrogen and oxygen atoms in total. The Morgan fingerprint density at radius 2 is 1.81 bits per heavy atom. The number of piperidine rings is 1. The molecule has 2 N–H and O–H groups in total. The van der Waals surface area contributed by atoms with Gasteiger partial charge in [-0.05, 0) is 31.5 Å². The Hall–Kier alpha value is -2.45. The van der Waals surface area contributed by atoms with Crippen molar-refractivity contribution < 1.29 is 19.2 Å². The van der Waals surface area contributed by atoms with E-state index in [-0.39, 0.29) is 31.2 Å². The van der Waals surface area contributed by atoms with Gasteiger partial charge in [0.2, 0.25) is 11.8 Å². The van der Waals surface area contributed by atoms with E-state index < -0.39 is 23.8 Å². The Balaban J connectivity index is 0.00000210. The minimum Gasteiger partial charge on any atom is -0.370 e. The van der Waals surface area contributed by atoms with Crippen LogP contribution in [0.4, 0.5) is 5.69 Å². The Kier molecular flexibility index (Phi) is 5.48. The highest BCUT2D eigenvalue weighted by Crippen LogP contribution is 2.34. The van der Waals surface area contributed by atoms with Crippen LogP contribution < -0.4 is 15.5 Å². The summed E-state index contributed by atoms with van der Waals surface area (Å²) < 4.78 is 0. The largest absolute Gasteiger partial charge is 0.370 e. The lowest BCUT2D eigenvalue weighted by Gasteiger charge is -2.28. The smallest absolute Gasteiger partial charge is 0.264 e. The summed E-state index contributed by atoms with van der Waals surface area (Å²) in [5.74, 6) is -1.88. The summed E-state index contributed by atoms with van der Waals surface area (Å²) in [4.78, 5) is 52.6. The number of halogens is 1. The van der Waals surface area contributed by atoms with Crippen molar-refractivity contribution in [3.63, 3.8) is 0 Å². The number of rotatable bonds is 2. The van der Waals surface area contributed by atoms with Crippen LogP contribution in [0.3, 0.4) is 0 Å². The number of benzene rings is 1. The van der Waals surface area contributed by atoms with Crippen LogP contribution in [0.1, 0.15) is 40.0 Å². The normalized spacial score (nSPS) is 22.9. The van der Waals surface area contributed by atoms with Crippen molar-refractivity contribution in [1.82, 2.24) is 15.5 Å². The fourth-order valence-electron chi connectivity index (χ4n) is 3.85. The zero-order valence-corrected chi connectivity index (χ0v) is 15.5. The van der Waals surface area contributed by atoms with Gasteiger partial charge in [0, 0.05) is 26.1 Å². The lowest BCUT2D eigenvalue weighted by molar-refractivity contribution is -0.136. The Morgan fingerprint density at radius 1 is 1.00 bits per heavy atom. The van der Waals surface area contributed by atoms with Gasteiger partial charge in [0.05, 0.1) is 16.8 Å². The highest BCUT2D eigenvalue weighted by Gasteiger charge is 2.46. The van der Waals surface area contributed by atoms with Gasteiger partial charge in [-0.3, -0.25) is 29.4 Å². The van der Waals surface area contributed by atoms with Crippen molar-refractivity contribution in [2.75, 3.05) is 31.1 Å². The molecule has 27 heavy (non-hydrogen) atoms. The molecular formula is C18H21ClN4O4. The van der Waals surface area contributed by atoms with Crippen LogP contribution in [0.15, 0.2) is 18.2 Å². The van der Waals surface area contributed by atoms with E-state index in [0.29, 0.717) is 11.1 Å². The second kappa shape index (κ2) is 7.66. The molecule has 1 atom stereocenters. The van der Waals surface area contributed by atoms with Gasteiger partial charge < -0.3 is 10.2 Å². The van der Waals surface area contributed by atoms with Crippen LogP contribution in [-0.4, -0.2) is 60.7 Å².